The Labute approximate surface area is 107 Å². The van der Waals surface area contributed by atoms with Gasteiger partial charge in [0.15, 0.2) is 0 Å². The van der Waals surface area contributed by atoms with Gasteiger partial charge in [0.25, 0.3) is 0 Å². The van der Waals surface area contributed by atoms with Crippen LogP contribution >= 0.6 is 0 Å². The van der Waals surface area contributed by atoms with Crippen molar-refractivity contribution < 1.29 is 4.52 Å². The average molecular weight is 242 g/mol. The standard InChI is InChI=1S/C15H18N2O/c1-11(2)17-9-8-13-10-18-16-14(13)15(17)12-6-4-3-5-7-12/h3-7,10-11,15H,8-9H2,1-2H3. The molecule has 2 aromatic rings. The molecule has 3 rings (SSSR count). The van der Waals surface area contributed by atoms with Gasteiger partial charge in [-0.05, 0) is 25.8 Å². The van der Waals surface area contributed by atoms with E-state index in [1.807, 2.05) is 0 Å². The van der Waals surface area contributed by atoms with Crippen molar-refractivity contribution in [2.75, 3.05) is 6.54 Å². The second-order valence-corrected chi connectivity index (χ2v) is 5.12. The molecular formula is C15H18N2O. The summed E-state index contributed by atoms with van der Waals surface area (Å²) in [5.41, 5.74) is 3.63. The second-order valence-electron chi connectivity index (χ2n) is 5.12. The molecule has 1 aliphatic heterocycles. The van der Waals surface area contributed by atoms with E-state index >= 15 is 0 Å². The fourth-order valence-electron chi connectivity index (χ4n) is 2.76. The second kappa shape index (κ2) is 4.58. The molecule has 0 amide bonds. The van der Waals surface area contributed by atoms with Crippen LogP contribution in [0.1, 0.15) is 36.7 Å². The van der Waals surface area contributed by atoms with Crippen molar-refractivity contribution in [2.45, 2.75) is 32.4 Å². The van der Waals surface area contributed by atoms with E-state index in [0.717, 1.165) is 18.7 Å². The Hall–Kier alpha value is -1.61. The highest BCUT2D eigenvalue weighted by atomic mass is 16.5. The number of hydrogen-bond donors (Lipinski definition) is 0. The molecular weight excluding hydrogens is 224 g/mol. The van der Waals surface area contributed by atoms with E-state index in [1.165, 1.54) is 11.1 Å². The monoisotopic (exact) mass is 242 g/mol. The lowest BCUT2D eigenvalue weighted by Crippen LogP contribution is -2.40. The van der Waals surface area contributed by atoms with E-state index in [2.05, 4.69) is 54.2 Å². The van der Waals surface area contributed by atoms with E-state index in [4.69, 9.17) is 4.52 Å². The molecule has 0 N–H and O–H groups in total. The molecule has 0 fully saturated rings. The zero-order chi connectivity index (χ0) is 12.5. The number of hydrogen-bond acceptors (Lipinski definition) is 3. The Morgan fingerprint density at radius 1 is 1.28 bits per heavy atom. The lowest BCUT2D eigenvalue weighted by molar-refractivity contribution is 0.162. The minimum Gasteiger partial charge on any atom is -0.364 e. The maximum Gasteiger partial charge on any atom is 0.127 e. The van der Waals surface area contributed by atoms with Gasteiger partial charge in [0, 0.05) is 18.2 Å². The van der Waals surface area contributed by atoms with Crippen LogP contribution in [0.15, 0.2) is 41.1 Å². The maximum absolute atomic E-state index is 5.17. The molecule has 94 valence electrons. The van der Waals surface area contributed by atoms with Crippen LogP contribution in [0, 0.1) is 0 Å². The topological polar surface area (TPSA) is 29.3 Å². The van der Waals surface area contributed by atoms with Gasteiger partial charge in [-0.3, -0.25) is 4.90 Å². The molecule has 0 saturated carbocycles. The molecule has 1 aromatic carbocycles. The van der Waals surface area contributed by atoms with Crippen molar-refractivity contribution >= 4 is 0 Å². The molecule has 0 radical (unpaired) electrons. The molecule has 1 unspecified atom stereocenters. The molecule has 0 aliphatic carbocycles. The minimum absolute atomic E-state index is 0.230. The van der Waals surface area contributed by atoms with Gasteiger partial charge in [0.05, 0.1) is 6.04 Å². The van der Waals surface area contributed by atoms with Gasteiger partial charge in [-0.15, -0.1) is 0 Å². The summed E-state index contributed by atoms with van der Waals surface area (Å²) in [6, 6.07) is 11.3. The molecule has 2 heterocycles. The van der Waals surface area contributed by atoms with Crippen LogP contribution in [0.2, 0.25) is 0 Å². The van der Waals surface area contributed by atoms with Crippen molar-refractivity contribution in [3.63, 3.8) is 0 Å². The molecule has 0 saturated heterocycles. The van der Waals surface area contributed by atoms with Crippen LogP contribution in [-0.4, -0.2) is 22.6 Å². The predicted molar refractivity (Wildman–Crippen MR) is 70.3 cm³/mol. The third kappa shape index (κ3) is 1.85. The van der Waals surface area contributed by atoms with Crippen LogP contribution in [0.25, 0.3) is 0 Å². The molecule has 3 nitrogen and oxygen atoms in total. The fraction of sp³-hybridized carbons (Fsp3) is 0.400. The van der Waals surface area contributed by atoms with E-state index in [1.54, 1.807) is 6.26 Å². The Morgan fingerprint density at radius 2 is 2.06 bits per heavy atom. The van der Waals surface area contributed by atoms with Crippen LogP contribution < -0.4 is 0 Å². The molecule has 18 heavy (non-hydrogen) atoms. The molecule has 1 aromatic heterocycles. The van der Waals surface area contributed by atoms with E-state index in [9.17, 15) is 0 Å². The van der Waals surface area contributed by atoms with Gasteiger partial charge in [-0.25, -0.2) is 0 Å². The highest BCUT2D eigenvalue weighted by Gasteiger charge is 2.32. The third-order valence-corrected chi connectivity index (χ3v) is 3.68. The maximum atomic E-state index is 5.17. The number of nitrogens with zero attached hydrogens (tertiary/aromatic N) is 2. The lowest BCUT2D eigenvalue weighted by atomic mass is 9.93. The number of aromatic nitrogens is 1. The van der Waals surface area contributed by atoms with E-state index in [0.29, 0.717) is 6.04 Å². The summed E-state index contributed by atoms with van der Waals surface area (Å²) in [7, 11) is 0. The first-order valence-corrected chi connectivity index (χ1v) is 6.51. The molecule has 1 aliphatic rings. The number of fused-ring (bicyclic) bond motifs is 1. The zero-order valence-electron chi connectivity index (χ0n) is 10.8. The van der Waals surface area contributed by atoms with E-state index in [-0.39, 0.29) is 6.04 Å². The first-order valence-electron chi connectivity index (χ1n) is 6.51. The SMILES string of the molecule is CC(C)N1CCc2conc2C1c1ccccc1. The summed E-state index contributed by atoms with van der Waals surface area (Å²) in [5.74, 6) is 0. The van der Waals surface area contributed by atoms with Gasteiger partial charge < -0.3 is 4.52 Å². The number of rotatable bonds is 2. The lowest BCUT2D eigenvalue weighted by Gasteiger charge is -2.37. The fourth-order valence-corrected chi connectivity index (χ4v) is 2.76. The van der Waals surface area contributed by atoms with Crippen molar-refractivity contribution in [1.82, 2.24) is 10.1 Å². The van der Waals surface area contributed by atoms with Crippen LogP contribution in [0.3, 0.4) is 0 Å². The van der Waals surface area contributed by atoms with Gasteiger partial charge >= 0.3 is 0 Å². The largest absolute Gasteiger partial charge is 0.364 e. The Morgan fingerprint density at radius 3 is 2.78 bits per heavy atom. The van der Waals surface area contributed by atoms with Crippen molar-refractivity contribution in [1.29, 1.82) is 0 Å². The average Bonchev–Trinajstić information content (AvgIpc) is 2.86. The zero-order valence-corrected chi connectivity index (χ0v) is 10.8. The molecule has 0 bridgehead atoms. The summed E-state index contributed by atoms with van der Waals surface area (Å²) in [5, 5.41) is 4.23. The summed E-state index contributed by atoms with van der Waals surface area (Å²) in [6.07, 6.45) is 2.82. The minimum atomic E-state index is 0.230. The van der Waals surface area contributed by atoms with Crippen LogP contribution in [0.5, 0.6) is 0 Å². The van der Waals surface area contributed by atoms with Gasteiger partial charge in [0.2, 0.25) is 0 Å². The van der Waals surface area contributed by atoms with Crippen LogP contribution in [0.4, 0.5) is 0 Å². The highest BCUT2D eigenvalue weighted by Crippen LogP contribution is 2.35. The van der Waals surface area contributed by atoms with E-state index < -0.39 is 0 Å². The predicted octanol–water partition coefficient (Wildman–Crippen LogP) is 3.03. The Bertz CT molecular complexity index is 518. The van der Waals surface area contributed by atoms with Gasteiger partial charge in [-0.1, -0.05) is 35.5 Å². The van der Waals surface area contributed by atoms with Gasteiger partial charge in [0.1, 0.15) is 12.0 Å². The van der Waals surface area contributed by atoms with Crippen molar-refractivity contribution in [3.8, 4) is 0 Å². The first-order chi connectivity index (χ1) is 8.77. The van der Waals surface area contributed by atoms with Gasteiger partial charge in [-0.2, -0.15) is 0 Å². The van der Waals surface area contributed by atoms with Crippen LogP contribution in [-0.2, 0) is 6.42 Å². The summed E-state index contributed by atoms with van der Waals surface area (Å²) in [6.45, 7) is 5.54. The highest BCUT2D eigenvalue weighted by molar-refractivity contribution is 5.33. The Kier molecular flexibility index (Phi) is 2.92. The summed E-state index contributed by atoms with van der Waals surface area (Å²) < 4.78 is 5.17. The smallest absolute Gasteiger partial charge is 0.127 e. The Balaban J connectivity index is 2.07. The van der Waals surface area contributed by atoms with Crippen molar-refractivity contribution in [2.24, 2.45) is 0 Å². The summed E-state index contributed by atoms with van der Waals surface area (Å²) >= 11 is 0. The molecule has 1 atom stereocenters. The third-order valence-electron chi connectivity index (χ3n) is 3.68. The quantitative estimate of drug-likeness (QED) is 0.810. The van der Waals surface area contributed by atoms with Crippen molar-refractivity contribution in [3.05, 3.63) is 53.4 Å². The summed E-state index contributed by atoms with van der Waals surface area (Å²) in [4.78, 5) is 2.49. The number of benzene rings is 1. The molecule has 0 spiro atoms. The molecule has 3 heteroatoms. The normalized spacial score (nSPS) is 20.1. The first kappa shape index (κ1) is 11.5.